The maximum Gasteiger partial charge on any atom is 0.337 e. The van der Waals surface area contributed by atoms with Crippen molar-refractivity contribution in [3.05, 3.63) is 28.8 Å². The summed E-state index contributed by atoms with van der Waals surface area (Å²) in [7, 11) is 0. The lowest BCUT2D eigenvalue weighted by Gasteiger charge is -2.25. The molecule has 1 aliphatic rings. The minimum atomic E-state index is -0.897. The zero-order valence-corrected chi connectivity index (χ0v) is 9.87. The quantitative estimate of drug-likeness (QED) is 0.863. The van der Waals surface area contributed by atoms with E-state index in [1.807, 2.05) is 0 Å². The van der Waals surface area contributed by atoms with Gasteiger partial charge in [0.15, 0.2) is 0 Å². The van der Waals surface area contributed by atoms with Gasteiger partial charge in [0.25, 0.3) is 0 Å². The summed E-state index contributed by atoms with van der Waals surface area (Å²) in [6.07, 6.45) is 2.21. The molecule has 4 heteroatoms. The van der Waals surface area contributed by atoms with E-state index in [9.17, 15) is 4.79 Å². The first-order valence-electron chi connectivity index (χ1n) is 5.39. The maximum absolute atomic E-state index is 11.1. The molecule has 3 nitrogen and oxygen atoms in total. The summed E-state index contributed by atoms with van der Waals surface area (Å²) < 4.78 is 0. The van der Waals surface area contributed by atoms with Gasteiger partial charge in [0.05, 0.1) is 11.3 Å². The smallest absolute Gasteiger partial charge is 0.337 e. The van der Waals surface area contributed by atoms with Gasteiger partial charge in [-0.05, 0) is 38.0 Å². The monoisotopic (exact) mass is 239 g/mol. The van der Waals surface area contributed by atoms with Crippen molar-refractivity contribution in [2.24, 2.45) is 0 Å². The topological polar surface area (TPSA) is 40.5 Å². The number of halogens is 1. The number of nitrogens with zero attached hydrogens (tertiary/aromatic N) is 1. The fourth-order valence-electron chi connectivity index (χ4n) is 2.21. The number of carboxylic acid groups (broad SMARTS) is 1. The van der Waals surface area contributed by atoms with Crippen LogP contribution in [0.3, 0.4) is 0 Å². The van der Waals surface area contributed by atoms with E-state index >= 15 is 0 Å². The number of carboxylic acids is 1. The molecular formula is C12H14ClNO2. The van der Waals surface area contributed by atoms with Gasteiger partial charge in [-0.2, -0.15) is 0 Å². The summed E-state index contributed by atoms with van der Waals surface area (Å²) in [6.45, 7) is 3.02. The molecule has 1 aromatic carbocycles. The van der Waals surface area contributed by atoms with Crippen molar-refractivity contribution in [2.45, 2.75) is 25.8 Å². The summed E-state index contributed by atoms with van der Waals surface area (Å²) in [6, 6.07) is 5.32. The fourth-order valence-corrected chi connectivity index (χ4v) is 2.38. The zero-order valence-electron chi connectivity index (χ0n) is 9.11. The number of carbonyl (C=O) groups is 1. The van der Waals surface area contributed by atoms with Crippen molar-refractivity contribution in [3.8, 4) is 0 Å². The molecule has 0 amide bonds. The average molecular weight is 240 g/mol. The number of hydrogen-bond acceptors (Lipinski definition) is 2. The van der Waals surface area contributed by atoms with E-state index in [0.29, 0.717) is 16.6 Å². The second-order valence-corrected chi connectivity index (χ2v) is 4.59. The number of hydrogen-bond donors (Lipinski definition) is 1. The van der Waals surface area contributed by atoms with E-state index in [4.69, 9.17) is 16.7 Å². The van der Waals surface area contributed by atoms with E-state index in [1.165, 1.54) is 0 Å². The van der Waals surface area contributed by atoms with Crippen LogP contribution in [0.5, 0.6) is 0 Å². The van der Waals surface area contributed by atoms with Gasteiger partial charge < -0.3 is 10.0 Å². The molecule has 1 heterocycles. The third-order valence-corrected chi connectivity index (χ3v) is 3.29. The Hall–Kier alpha value is -1.22. The highest BCUT2D eigenvalue weighted by Gasteiger charge is 2.24. The second kappa shape index (κ2) is 4.34. The van der Waals surface area contributed by atoms with Crippen molar-refractivity contribution >= 4 is 23.3 Å². The van der Waals surface area contributed by atoms with Crippen molar-refractivity contribution in [1.29, 1.82) is 0 Å². The molecule has 1 unspecified atom stereocenters. The standard InChI is InChI=1S/C12H14ClNO2/c1-8-3-2-6-14(8)11-7-9(13)4-5-10(11)12(15)16/h4-5,7-8H,2-3,6H2,1H3,(H,15,16). The molecule has 0 aromatic heterocycles. The minimum absolute atomic E-state index is 0.332. The summed E-state index contributed by atoms with van der Waals surface area (Å²) in [5, 5.41) is 9.72. The molecule has 0 aliphatic carbocycles. The molecule has 1 N–H and O–H groups in total. The van der Waals surface area contributed by atoms with Crippen molar-refractivity contribution < 1.29 is 9.90 Å². The van der Waals surface area contributed by atoms with Gasteiger partial charge in [-0.15, -0.1) is 0 Å². The molecular weight excluding hydrogens is 226 g/mol. The first-order chi connectivity index (χ1) is 7.59. The highest BCUT2D eigenvalue weighted by molar-refractivity contribution is 6.31. The number of anilines is 1. The summed E-state index contributed by atoms with van der Waals surface area (Å²) in [4.78, 5) is 13.2. The number of rotatable bonds is 2. The number of aromatic carboxylic acids is 1. The molecule has 1 atom stereocenters. The Bertz CT molecular complexity index is 419. The van der Waals surface area contributed by atoms with E-state index in [2.05, 4.69) is 11.8 Å². The van der Waals surface area contributed by atoms with Gasteiger partial charge in [-0.3, -0.25) is 0 Å². The van der Waals surface area contributed by atoms with Gasteiger partial charge in [0.2, 0.25) is 0 Å². The Morgan fingerprint density at radius 3 is 2.88 bits per heavy atom. The van der Waals surface area contributed by atoms with Crippen LogP contribution in [0.4, 0.5) is 5.69 Å². The van der Waals surface area contributed by atoms with Crippen LogP contribution in [0.2, 0.25) is 5.02 Å². The first kappa shape index (κ1) is 11.3. The predicted molar refractivity (Wildman–Crippen MR) is 64.5 cm³/mol. The number of benzene rings is 1. The van der Waals surface area contributed by atoms with Crippen molar-refractivity contribution in [3.63, 3.8) is 0 Å². The molecule has 16 heavy (non-hydrogen) atoms. The third kappa shape index (κ3) is 2.00. The fraction of sp³-hybridized carbons (Fsp3) is 0.417. The van der Waals surface area contributed by atoms with Crippen LogP contribution in [-0.4, -0.2) is 23.7 Å². The summed E-state index contributed by atoms with van der Waals surface area (Å²) in [5.41, 5.74) is 1.07. The lowest BCUT2D eigenvalue weighted by atomic mass is 10.1. The van der Waals surface area contributed by atoms with E-state index in [-0.39, 0.29) is 0 Å². The molecule has 0 bridgehead atoms. The van der Waals surface area contributed by atoms with Crippen LogP contribution >= 0.6 is 11.6 Å². The Morgan fingerprint density at radius 1 is 1.56 bits per heavy atom. The zero-order chi connectivity index (χ0) is 11.7. The molecule has 1 saturated heterocycles. The largest absolute Gasteiger partial charge is 0.478 e. The molecule has 0 spiro atoms. The molecule has 0 radical (unpaired) electrons. The Morgan fingerprint density at radius 2 is 2.31 bits per heavy atom. The third-order valence-electron chi connectivity index (χ3n) is 3.05. The second-order valence-electron chi connectivity index (χ2n) is 4.15. The van der Waals surface area contributed by atoms with E-state index in [0.717, 1.165) is 25.1 Å². The van der Waals surface area contributed by atoms with Gasteiger partial charge in [0, 0.05) is 17.6 Å². The Kier molecular flexibility index (Phi) is 3.06. The van der Waals surface area contributed by atoms with Crippen molar-refractivity contribution in [2.75, 3.05) is 11.4 Å². The SMILES string of the molecule is CC1CCCN1c1cc(Cl)ccc1C(=O)O. The van der Waals surface area contributed by atoms with Crippen LogP contribution in [0.1, 0.15) is 30.1 Å². The average Bonchev–Trinajstić information content (AvgIpc) is 2.63. The molecule has 1 aromatic rings. The van der Waals surface area contributed by atoms with Gasteiger partial charge in [-0.25, -0.2) is 4.79 Å². The Labute approximate surface area is 99.6 Å². The Balaban J connectivity index is 2.44. The van der Waals surface area contributed by atoms with Gasteiger partial charge >= 0.3 is 5.97 Å². The van der Waals surface area contributed by atoms with Crippen LogP contribution in [-0.2, 0) is 0 Å². The van der Waals surface area contributed by atoms with Gasteiger partial charge in [-0.1, -0.05) is 11.6 Å². The molecule has 2 rings (SSSR count). The van der Waals surface area contributed by atoms with Crippen LogP contribution in [0.25, 0.3) is 0 Å². The maximum atomic E-state index is 11.1. The minimum Gasteiger partial charge on any atom is -0.478 e. The van der Waals surface area contributed by atoms with Crippen LogP contribution < -0.4 is 4.90 Å². The summed E-state index contributed by atoms with van der Waals surface area (Å²) >= 11 is 5.93. The highest BCUT2D eigenvalue weighted by atomic mass is 35.5. The van der Waals surface area contributed by atoms with Crippen LogP contribution in [0, 0.1) is 0 Å². The van der Waals surface area contributed by atoms with Crippen LogP contribution in [0.15, 0.2) is 18.2 Å². The van der Waals surface area contributed by atoms with Crippen molar-refractivity contribution in [1.82, 2.24) is 0 Å². The normalized spacial score (nSPS) is 20.1. The lowest BCUT2D eigenvalue weighted by molar-refractivity contribution is 0.0697. The molecule has 0 saturated carbocycles. The lowest BCUT2D eigenvalue weighted by Crippen LogP contribution is -2.28. The molecule has 1 aliphatic heterocycles. The molecule has 86 valence electrons. The highest BCUT2D eigenvalue weighted by Crippen LogP contribution is 2.30. The molecule has 1 fully saturated rings. The van der Waals surface area contributed by atoms with E-state index < -0.39 is 5.97 Å². The van der Waals surface area contributed by atoms with E-state index in [1.54, 1.807) is 18.2 Å². The predicted octanol–water partition coefficient (Wildman–Crippen LogP) is 3.03. The summed E-state index contributed by atoms with van der Waals surface area (Å²) in [5.74, 6) is -0.897. The first-order valence-corrected chi connectivity index (χ1v) is 5.77. The van der Waals surface area contributed by atoms with Gasteiger partial charge in [0.1, 0.15) is 0 Å².